The zero-order valence-electron chi connectivity index (χ0n) is 61.0. The molecule has 0 radical (unpaired) electrons. The molecule has 3 aliphatic rings. The summed E-state index contributed by atoms with van der Waals surface area (Å²) in [5, 5.41) is 7.23. The SMILES string of the molecule is CC1(C)c2ccccc2-c2ccc(-c3ccc4c(c3)c3ccccc3n4-c3cccc(-c4cc(-c5cccc(-n6c7ccccc7c7cc(-c8ccc9c(c8)C(C)(C)c8ccccc8-9)ccc76)c5)nc(-c5cccc(-n6c7ccccc7c7ccc(-c8ccc9c(c8)C(C)(C)c8ccccc8-9)cc76)c5)n4)c3)cc21. The molecule has 0 N–H and O–H groups in total. The monoisotopic (exact) mass is 1380 g/mol. The second kappa shape index (κ2) is 22.9. The lowest BCUT2D eigenvalue weighted by atomic mass is 9.81. The molecule has 4 heterocycles. The van der Waals surface area contributed by atoms with Crippen LogP contribution in [0.2, 0.25) is 0 Å². The molecule has 0 fully saturated rings. The Labute approximate surface area is 627 Å². The van der Waals surface area contributed by atoms with Gasteiger partial charge in [0.25, 0.3) is 0 Å². The number of fused-ring (bicyclic) bond motifs is 18. The summed E-state index contributed by atoms with van der Waals surface area (Å²) in [6.45, 7) is 14.2. The van der Waals surface area contributed by atoms with Crippen LogP contribution in [0.3, 0.4) is 0 Å². The first-order valence-corrected chi connectivity index (χ1v) is 37.8. The smallest absolute Gasteiger partial charge is 0.160 e. The number of para-hydroxylation sites is 3. The zero-order valence-corrected chi connectivity index (χ0v) is 61.0. The van der Waals surface area contributed by atoms with Gasteiger partial charge in [0.2, 0.25) is 0 Å². The van der Waals surface area contributed by atoms with Crippen LogP contribution in [0.4, 0.5) is 0 Å². The van der Waals surface area contributed by atoms with Gasteiger partial charge in [-0.2, -0.15) is 0 Å². The molecule has 0 spiro atoms. The zero-order chi connectivity index (χ0) is 72.1. The van der Waals surface area contributed by atoms with Gasteiger partial charge in [-0.05, 0) is 209 Å². The Morgan fingerprint density at radius 3 is 0.935 bits per heavy atom. The molecule has 0 aliphatic heterocycles. The molecule has 0 bridgehead atoms. The van der Waals surface area contributed by atoms with Gasteiger partial charge >= 0.3 is 0 Å². The molecule has 22 rings (SSSR count). The van der Waals surface area contributed by atoms with Crippen LogP contribution in [0, 0.1) is 0 Å². The molecule has 0 saturated carbocycles. The molecule has 108 heavy (non-hydrogen) atoms. The van der Waals surface area contributed by atoms with Crippen molar-refractivity contribution in [3.63, 3.8) is 0 Å². The average Bonchev–Trinajstić information content (AvgIpc) is 1.55. The number of hydrogen-bond donors (Lipinski definition) is 0. The van der Waals surface area contributed by atoms with Crippen molar-refractivity contribution >= 4 is 65.4 Å². The Morgan fingerprint density at radius 2 is 0.500 bits per heavy atom. The van der Waals surface area contributed by atoms with Crippen molar-refractivity contribution in [2.75, 3.05) is 0 Å². The van der Waals surface area contributed by atoms with Crippen LogP contribution in [0.25, 0.3) is 183 Å². The fourth-order valence-electron chi connectivity index (χ4n) is 19.2. The quantitative estimate of drug-likeness (QED) is 0.144. The van der Waals surface area contributed by atoms with E-state index in [2.05, 4.69) is 389 Å². The highest BCUT2D eigenvalue weighted by Gasteiger charge is 2.38. The lowest BCUT2D eigenvalue weighted by Gasteiger charge is -2.22. The molecule has 5 nitrogen and oxygen atoms in total. The van der Waals surface area contributed by atoms with Crippen molar-refractivity contribution in [3.05, 3.63) is 367 Å². The van der Waals surface area contributed by atoms with Gasteiger partial charge in [-0.3, -0.25) is 0 Å². The third-order valence-corrected chi connectivity index (χ3v) is 24.7. The van der Waals surface area contributed by atoms with Crippen molar-refractivity contribution in [3.8, 4) is 118 Å². The molecule has 0 saturated heterocycles. The minimum atomic E-state index is -0.117. The Kier molecular flexibility index (Phi) is 13.2. The maximum absolute atomic E-state index is 5.69. The molecule has 15 aromatic carbocycles. The molecule has 510 valence electrons. The third kappa shape index (κ3) is 9.12. The lowest BCUT2D eigenvalue weighted by Crippen LogP contribution is -2.14. The minimum Gasteiger partial charge on any atom is -0.309 e. The standard InChI is InChI=1S/C103H73N5/c1-101(2)86-34-13-7-28-74(86)77-46-40-64(57-89(77)101)62-44-50-97-84(55-62)81-32-11-17-38-95(81)106(97)71-25-19-22-68(52-71)92-61-93(69-23-20-26-72(53-69)107-96-39-18-12-33-82(96)85-56-63(45-51-98(85)107)65-41-47-78-75-29-8-14-35-87(75)102(3,4)90(78)58-65)105-100(104-92)70-24-21-27-73(54-70)108-94-37-16-10-31-80(94)83-49-43-67(60-99(83)108)66-42-48-79-76-30-9-15-36-88(76)103(5,6)91(79)59-66/h7-61H,1-6H3. The minimum absolute atomic E-state index is 0.0994. The van der Waals surface area contributed by atoms with Crippen LogP contribution in [0.15, 0.2) is 334 Å². The van der Waals surface area contributed by atoms with Gasteiger partial charge in [-0.1, -0.05) is 266 Å². The van der Waals surface area contributed by atoms with Gasteiger partial charge in [-0.15, -0.1) is 0 Å². The number of benzene rings is 15. The Bertz CT molecular complexity index is 6810. The summed E-state index contributed by atoms with van der Waals surface area (Å²) >= 11 is 0. The predicted molar refractivity (Wildman–Crippen MR) is 450 cm³/mol. The molecule has 0 atom stereocenters. The highest BCUT2D eigenvalue weighted by Crippen LogP contribution is 2.54. The summed E-state index contributed by atoms with van der Waals surface area (Å²) < 4.78 is 7.29. The summed E-state index contributed by atoms with van der Waals surface area (Å²) in [5.41, 5.74) is 37.6. The van der Waals surface area contributed by atoms with E-state index in [1.165, 1.54) is 132 Å². The van der Waals surface area contributed by atoms with Crippen LogP contribution in [0.1, 0.15) is 74.9 Å². The van der Waals surface area contributed by atoms with Crippen LogP contribution in [-0.2, 0) is 16.2 Å². The van der Waals surface area contributed by atoms with Gasteiger partial charge in [0, 0.05) is 82.3 Å². The second-order valence-corrected chi connectivity index (χ2v) is 31.7. The summed E-state index contributed by atoms with van der Waals surface area (Å²) in [7, 11) is 0. The summed E-state index contributed by atoms with van der Waals surface area (Å²) in [5.74, 6) is 0.634. The fraction of sp³-hybridized carbons (Fsp3) is 0.0874. The maximum atomic E-state index is 5.69. The van der Waals surface area contributed by atoms with Crippen molar-refractivity contribution in [1.82, 2.24) is 23.7 Å². The predicted octanol–water partition coefficient (Wildman–Crippen LogP) is 26.7. The normalized spacial score (nSPS) is 14.1. The van der Waals surface area contributed by atoms with Crippen LogP contribution >= 0.6 is 0 Å². The fourth-order valence-corrected chi connectivity index (χ4v) is 19.2. The molecule has 0 unspecified atom stereocenters. The van der Waals surface area contributed by atoms with E-state index in [0.717, 1.165) is 78.2 Å². The second-order valence-electron chi connectivity index (χ2n) is 31.7. The van der Waals surface area contributed by atoms with Gasteiger partial charge in [0.05, 0.1) is 44.5 Å². The molecular formula is C103H73N5. The van der Waals surface area contributed by atoms with E-state index in [1.54, 1.807) is 0 Å². The molecule has 19 aromatic rings. The molecule has 3 aliphatic carbocycles. The van der Waals surface area contributed by atoms with Gasteiger partial charge < -0.3 is 13.7 Å². The van der Waals surface area contributed by atoms with E-state index in [9.17, 15) is 0 Å². The number of aromatic nitrogens is 5. The van der Waals surface area contributed by atoms with Gasteiger partial charge in [0.1, 0.15) is 0 Å². The van der Waals surface area contributed by atoms with Crippen LogP contribution in [0.5, 0.6) is 0 Å². The van der Waals surface area contributed by atoms with E-state index in [-0.39, 0.29) is 16.2 Å². The first-order chi connectivity index (χ1) is 52.8. The summed E-state index contributed by atoms with van der Waals surface area (Å²) in [6, 6.07) is 124. The van der Waals surface area contributed by atoms with Crippen LogP contribution < -0.4 is 0 Å². The van der Waals surface area contributed by atoms with E-state index < -0.39 is 0 Å². The Morgan fingerprint density at radius 1 is 0.194 bits per heavy atom. The summed E-state index contributed by atoms with van der Waals surface area (Å²) in [4.78, 5) is 11.4. The molecule has 5 heteroatoms. The molecule has 4 aromatic heterocycles. The largest absolute Gasteiger partial charge is 0.309 e. The van der Waals surface area contributed by atoms with E-state index in [0.29, 0.717) is 5.82 Å². The topological polar surface area (TPSA) is 40.6 Å². The van der Waals surface area contributed by atoms with Crippen LogP contribution in [-0.4, -0.2) is 23.7 Å². The van der Waals surface area contributed by atoms with Crippen molar-refractivity contribution in [2.45, 2.75) is 57.8 Å². The number of rotatable bonds is 9. The molecule has 0 amide bonds. The number of nitrogens with zero attached hydrogens (tertiary/aromatic N) is 5. The number of hydrogen-bond acceptors (Lipinski definition) is 2. The Balaban J connectivity index is 0.684. The van der Waals surface area contributed by atoms with E-state index >= 15 is 0 Å². The van der Waals surface area contributed by atoms with Gasteiger partial charge in [0.15, 0.2) is 5.82 Å². The average molecular weight is 1380 g/mol. The van der Waals surface area contributed by atoms with E-state index in [1.807, 2.05) is 0 Å². The van der Waals surface area contributed by atoms with E-state index in [4.69, 9.17) is 9.97 Å². The maximum Gasteiger partial charge on any atom is 0.160 e. The van der Waals surface area contributed by atoms with Gasteiger partial charge in [-0.25, -0.2) is 9.97 Å². The third-order valence-electron chi connectivity index (χ3n) is 24.7. The lowest BCUT2D eigenvalue weighted by molar-refractivity contribution is 0.660. The Hall–Kier alpha value is -13.2. The van der Waals surface area contributed by atoms with Crippen molar-refractivity contribution < 1.29 is 0 Å². The summed E-state index contributed by atoms with van der Waals surface area (Å²) in [6.07, 6.45) is 0. The first-order valence-electron chi connectivity index (χ1n) is 37.8. The van der Waals surface area contributed by atoms with Crippen molar-refractivity contribution in [1.29, 1.82) is 0 Å². The first kappa shape index (κ1) is 62.2. The van der Waals surface area contributed by atoms with Crippen molar-refractivity contribution in [2.24, 2.45) is 0 Å². The highest BCUT2D eigenvalue weighted by molar-refractivity contribution is 6.13. The molecular weight excluding hydrogens is 1310 g/mol. The highest BCUT2D eigenvalue weighted by atomic mass is 15.0.